The van der Waals surface area contributed by atoms with Crippen molar-refractivity contribution in [3.05, 3.63) is 170 Å². The predicted molar refractivity (Wildman–Crippen MR) is 343 cm³/mol. The lowest BCUT2D eigenvalue weighted by molar-refractivity contribution is -0.166. The van der Waals surface area contributed by atoms with Crippen LogP contribution in [0.4, 0.5) is 0 Å². The molecule has 0 spiro atoms. The first kappa shape index (κ1) is 73.8. The van der Waals surface area contributed by atoms with Gasteiger partial charge in [0.2, 0.25) is 0 Å². The number of hydrogen-bond acceptors (Lipinski definition) is 6. The summed E-state index contributed by atoms with van der Waals surface area (Å²) in [5.74, 6) is -1.17. The molecule has 0 N–H and O–H groups in total. The molecule has 0 rings (SSSR count). The van der Waals surface area contributed by atoms with Gasteiger partial charge in [0.15, 0.2) is 6.10 Å². The van der Waals surface area contributed by atoms with Crippen LogP contribution in [0.15, 0.2) is 170 Å². The lowest BCUT2D eigenvalue weighted by atomic mass is 10.0. The molecule has 79 heavy (non-hydrogen) atoms. The second-order valence-corrected chi connectivity index (χ2v) is 20.2. The first-order valence-electron chi connectivity index (χ1n) is 31.6. The van der Waals surface area contributed by atoms with E-state index in [2.05, 4.69) is 167 Å². The summed E-state index contributed by atoms with van der Waals surface area (Å²) < 4.78 is 16.7. The normalized spacial score (nSPS) is 13.3. The van der Waals surface area contributed by atoms with Crippen molar-refractivity contribution in [1.82, 2.24) is 0 Å². The lowest BCUT2D eigenvalue weighted by Gasteiger charge is -2.18. The molecule has 0 saturated heterocycles. The number of esters is 3. The van der Waals surface area contributed by atoms with E-state index < -0.39 is 18.0 Å². The maximum absolute atomic E-state index is 12.9. The fourth-order valence-electron chi connectivity index (χ4n) is 8.08. The highest BCUT2D eigenvalue weighted by Crippen LogP contribution is 2.14. The number of hydrogen-bond donors (Lipinski definition) is 0. The van der Waals surface area contributed by atoms with Gasteiger partial charge in [0.1, 0.15) is 13.2 Å². The first-order valence-corrected chi connectivity index (χ1v) is 31.6. The Morgan fingerprint density at radius 3 is 0.937 bits per heavy atom. The Morgan fingerprint density at radius 1 is 0.278 bits per heavy atom. The summed E-state index contributed by atoms with van der Waals surface area (Å²) in [6.45, 7) is 6.24. The van der Waals surface area contributed by atoms with Gasteiger partial charge in [-0.25, -0.2) is 0 Å². The summed E-state index contributed by atoms with van der Waals surface area (Å²) >= 11 is 0. The molecule has 442 valence electrons. The molecular formula is C73H114O6. The molecule has 0 radical (unpaired) electrons. The molecule has 6 heteroatoms. The summed E-state index contributed by atoms with van der Waals surface area (Å²) in [4.78, 5) is 38.2. The van der Waals surface area contributed by atoms with Crippen molar-refractivity contribution in [2.45, 2.75) is 258 Å². The lowest BCUT2D eigenvalue weighted by Crippen LogP contribution is -2.30. The van der Waals surface area contributed by atoms with Gasteiger partial charge in [-0.2, -0.15) is 0 Å². The topological polar surface area (TPSA) is 78.9 Å². The summed E-state index contributed by atoms with van der Waals surface area (Å²) in [5, 5.41) is 0. The molecular weight excluding hydrogens is 973 g/mol. The standard InChI is InChI=1S/C73H114O6/c1-4-7-10-13-16-19-22-25-28-30-32-33-34-35-36-37-38-39-41-42-45-48-51-54-57-60-63-66-72(75)78-69-70(68-77-71(74)65-62-59-56-53-50-47-44-27-24-21-18-15-12-9-6-3)79-73(76)67-64-61-58-55-52-49-46-43-40-31-29-26-23-20-17-14-11-8-5-2/h8-9,11-12,17-18,20-22,25-27,29-30,32,34-35,40,43-44,49-50,52-53,58-59,61-62,70H,4-7,10,13-16,19,23-24,28,31,33,36-39,41-42,45-48,51,54-57,60,63-69H2,1-3H3/b11-8-,12-9-,20-17-,21-18-,25-22-,29-26-,32-30-,35-34-,43-40-,44-27-,52-49-,53-50-,61-58-,62-59-. The van der Waals surface area contributed by atoms with Crippen LogP contribution in [0.25, 0.3) is 0 Å². The summed E-state index contributed by atoms with van der Waals surface area (Å²) in [6, 6.07) is 0. The molecule has 0 aliphatic carbocycles. The van der Waals surface area contributed by atoms with Crippen LogP contribution in [-0.4, -0.2) is 37.2 Å². The van der Waals surface area contributed by atoms with Crippen molar-refractivity contribution < 1.29 is 28.6 Å². The molecule has 0 fully saturated rings. The largest absolute Gasteiger partial charge is 0.462 e. The molecule has 0 amide bonds. The van der Waals surface area contributed by atoms with Crippen LogP contribution in [0.5, 0.6) is 0 Å². The number of unbranched alkanes of at least 4 members (excludes halogenated alkanes) is 17. The van der Waals surface area contributed by atoms with Crippen molar-refractivity contribution in [1.29, 1.82) is 0 Å². The molecule has 0 aromatic rings. The Bertz CT molecular complexity index is 1820. The summed E-state index contributed by atoms with van der Waals surface area (Å²) in [7, 11) is 0. The van der Waals surface area contributed by atoms with Gasteiger partial charge in [-0.05, 0) is 122 Å². The van der Waals surface area contributed by atoms with E-state index in [0.29, 0.717) is 19.3 Å². The average Bonchev–Trinajstić information content (AvgIpc) is 3.45. The molecule has 6 nitrogen and oxygen atoms in total. The van der Waals surface area contributed by atoms with E-state index in [1.165, 1.54) is 103 Å². The minimum Gasteiger partial charge on any atom is -0.462 e. The van der Waals surface area contributed by atoms with Gasteiger partial charge in [-0.1, -0.05) is 281 Å². The molecule has 0 saturated carbocycles. The first-order chi connectivity index (χ1) is 39.0. The minimum atomic E-state index is -0.869. The molecule has 0 heterocycles. The van der Waals surface area contributed by atoms with E-state index in [4.69, 9.17) is 14.2 Å². The third-order valence-corrected chi connectivity index (χ3v) is 12.7. The second kappa shape index (κ2) is 65.3. The van der Waals surface area contributed by atoms with Crippen molar-refractivity contribution >= 4 is 17.9 Å². The van der Waals surface area contributed by atoms with Crippen LogP contribution in [0, 0.1) is 0 Å². The Labute approximate surface area is 485 Å². The fraction of sp³-hybridized carbons (Fsp3) is 0.575. The van der Waals surface area contributed by atoms with Crippen LogP contribution in [-0.2, 0) is 28.6 Å². The van der Waals surface area contributed by atoms with Gasteiger partial charge in [0.05, 0.1) is 6.42 Å². The maximum Gasteiger partial charge on any atom is 0.309 e. The number of carbonyl (C=O) groups is 3. The second-order valence-electron chi connectivity index (χ2n) is 20.2. The minimum absolute atomic E-state index is 0.103. The highest BCUT2D eigenvalue weighted by Gasteiger charge is 2.19. The van der Waals surface area contributed by atoms with Crippen LogP contribution in [0.3, 0.4) is 0 Å². The van der Waals surface area contributed by atoms with Crippen molar-refractivity contribution in [2.24, 2.45) is 0 Å². The molecule has 0 aliphatic rings. The Morgan fingerprint density at radius 2 is 0.570 bits per heavy atom. The average molecular weight is 1090 g/mol. The van der Waals surface area contributed by atoms with E-state index in [1.807, 2.05) is 18.2 Å². The summed E-state index contributed by atoms with van der Waals surface area (Å²) in [6.07, 6.45) is 96.9. The molecule has 1 atom stereocenters. The van der Waals surface area contributed by atoms with E-state index in [-0.39, 0.29) is 32.0 Å². The van der Waals surface area contributed by atoms with Gasteiger partial charge in [-0.15, -0.1) is 0 Å². The van der Waals surface area contributed by atoms with Crippen molar-refractivity contribution in [2.75, 3.05) is 13.2 Å². The molecule has 1 unspecified atom stereocenters. The van der Waals surface area contributed by atoms with Crippen molar-refractivity contribution in [3.8, 4) is 0 Å². The number of ether oxygens (including phenoxy) is 3. The zero-order chi connectivity index (χ0) is 57.1. The smallest absolute Gasteiger partial charge is 0.309 e. The van der Waals surface area contributed by atoms with E-state index in [1.54, 1.807) is 6.08 Å². The van der Waals surface area contributed by atoms with E-state index >= 15 is 0 Å². The van der Waals surface area contributed by atoms with Gasteiger partial charge in [0.25, 0.3) is 0 Å². The van der Waals surface area contributed by atoms with Gasteiger partial charge in [-0.3, -0.25) is 14.4 Å². The predicted octanol–water partition coefficient (Wildman–Crippen LogP) is 21.9. The Hall–Kier alpha value is -5.23. The quantitative estimate of drug-likeness (QED) is 0.0261. The third kappa shape index (κ3) is 63.5. The van der Waals surface area contributed by atoms with Gasteiger partial charge in [0, 0.05) is 12.8 Å². The highest BCUT2D eigenvalue weighted by molar-refractivity contribution is 5.72. The molecule has 0 aromatic carbocycles. The highest BCUT2D eigenvalue weighted by atomic mass is 16.6. The van der Waals surface area contributed by atoms with Gasteiger partial charge >= 0.3 is 17.9 Å². The number of carbonyl (C=O) groups excluding carboxylic acids is 3. The SMILES string of the molecule is CC/C=C\C/C=C\C/C=C\C/C=C\C/C=C\C/C=C\CCC(=O)OC(COC(=O)C/C=C\C/C=C\C/C=C\C/C=C\C/C=C\CC)COC(=O)CCCCCCCCCCCCCC/C=C\C/C=C\C/C=C\CCCCCCC. The third-order valence-electron chi connectivity index (χ3n) is 12.7. The van der Waals surface area contributed by atoms with Crippen LogP contribution in [0.2, 0.25) is 0 Å². The Kier molecular flexibility index (Phi) is 61.0. The zero-order valence-corrected chi connectivity index (χ0v) is 50.6. The van der Waals surface area contributed by atoms with Crippen LogP contribution >= 0.6 is 0 Å². The van der Waals surface area contributed by atoms with Gasteiger partial charge < -0.3 is 14.2 Å². The van der Waals surface area contributed by atoms with E-state index in [0.717, 1.165) is 96.3 Å². The van der Waals surface area contributed by atoms with Crippen molar-refractivity contribution in [3.63, 3.8) is 0 Å². The Balaban J connectivity index is 4.51. The number of allylic oxidation sites excluding steroid dienone is 27. The number of rotatable bonds is 55. The molecule has 0 bridgehead atoms. The molecule has 0 aromatic heterocycles. The van der Waals surface area contributed by atoms with E-state index in [9.17, 15) is 14.4 Å². The molecule has 0 aliphatic heterocycles. The zero-order valence-electron chi connectivity index (χ0n) is 50.6. The maximum atomic E-state index is 12.9. The van der Waals surface area contributed by atoms with Crippen LogP contribution in [0.1, 0.15) is 252 Å². The fourth-order valence-corrected chi connectivity index (χ4v) is 8.08. The summed E-state index contributed by atoms with van der Waals surface area (Å²) in [5.41, 5.74) is 0. The monoisotopic (exact) mass is 1090 g/mol. The van der Waals surface area contributed by atoms with Crippen LogP contribution < -0.4 is 0 Å².